The molecule has 0 amide bonds. The Morgan fingerprint density at radius 3 is 2.64 bits per heavy atom. The quantitative estimate of drug-likeness (QED) is 0.370. The number of likely N-dealkylation sites (tertiary alicyclic amines) is 1. The first-order chi connectivity index (χ1) is 12.1. The van der Waals surface area contributed by atoms with Crippen molar-refractivity contribution in [1.29, 1.82) is 0 Å². The van der Waals surface area contributed by atoms with E-state index in [0.29, 0.717) is 0 Å². The first kappa shape index (κ1) is 16.7. The Morgan fingerprint density at radius 2 is 1.92 bits per heavy atom. The number of aliphatic imine (C=N–C) groups is 1. The lowest BCUT2D eigenvalue weighted by molar-refractivity contribution is 0.516. The molecule has 1 fully saturated rings. The predicted molar refractivity (Wildman–Crippen MR) is 111 cm³/mol. The third-order valence-corrected chi connectivity index (χ3v) is 6.04. The molecule has 0 spiro atoms. The van der Waals surface area contributed by atoms with Crippen LogP contribution in [0.5, 0.6) is 0 Å². The van der Waals surface area contributed by atoms with Crippen LogP contribution in [0.15, 0.2) is 45.2 Å². The monoisotopic (exact) mass is 413 g/mol. The topological polar surface area (TPSA) is 28.5 Å². The van der Waals surface area contributed by atoms with Crippen molar-refractivity contribution in [3.63, 3.8) is 0 Å². The summed E-state index contributed by atoms with van der Waals surface area (Å²) >= 11 is 5.20. The van der Waals surface area contributed by atoms with Gasteiger partial charge in [0.1, 0.15) is 10.7 Å². The van der Waals surface area contributed by atoms with E-state index in [1.54, 1.807) is 11.3 Å². The lowest BCUT2D eigenvalue weighted by Crippen LogP contribution is -2.24. The number of thiophene rings is 1. The number of halogens is 1. The molecule has 3 nitrogen and oxygen atoms in total. The zero-order valence-corrected chi connectivity index (χ0v) is 16.8. The Morgan fingerprint density at radius 1 is 1.20 bits per heavy atom. The van der Waals surface area contributed by atoms with E-state index >= 15 is 0 Å². The average Bonchev–Trinajstić information content (AvgIpc) is 3.25. The molecule has 1 aliphatic rings. The van der Waals surface area contributed by atoms with E-state index in [2.05, 4.69) is 70.4 Å². The third-order valence-electron chi connectivity index (χ3n) is 4.65. The molecule has 2 aromatic heterocycles. The lowest BCUT2D eigenvalue weighted by Gasteiger charge is -2.16. The van der Waals surface area contributed by atoms with E-state index in [1.165, 1.54) is 24.0 Å². The summed E-state index contributed by atoms with van der Waals surface area (Å²) in [6, 6.07) is 10.6. The van der Waals surface area contributed by atoms with E-state index in [0.717, 1.165) is 45.0 Å². The summed E-state index contributed by atoms with van der Waals surface area (Å²) < 4.78 is 1.09. The van der Waals surface area contributed by atoms with Crippen LogP contribution in [0.4, 0.5) is 5.69 Å². The number of benzene rings is 1. The predicted octanol–water partition coefficient (Wildman–Crippen LogP) is 6.18. The Kier molecular flexibility index (Phi) is 4.61. The summed E-state index contributed by atoms with van der Waals surface area (Å²) in [5.41, 5.74) is 4.49. The number of aromatic nitrogens is 1. The van der Waals surface area contributed by atoms with Crippen molar-refractivity contribution >= 4 is 49.0 Å². The molecule has 0 unspecified atom stereocenters. The van der Waals surface area contributed by atoms with Gasteiger partial charge in [0, 0.05) is 34.0 Å². The fourth-order valence-electron chi connectivity index (χ4n) is 3.37. The lowest BCUT2D eigenvalue weighted by atomic mass is 10.0. The van der Waals surface area contributed by atoms with Gasteiger partial charge in [-0.15, -0.1) is 11.3 Å². The maximum absolute atomic E-state index is 4.97. The number of pyridine rings is 1. The molecule has 5 heteroatoms. The highest BCUT2D eigenvalue weighted by Gasteiger charge is 2.16. The highest BCUT2D eigenvalue weighted by atomic mass is 79.9. The van der Waals surface area contributed by atoms with E-state index in [1.807, 2.05) is 0 Å². The second-order valence-electron chi connectivity index (χ2n) is 6.47. The van der Waals surface area contributed by atoms with Gasteiger partial charge in [0.05, 0.1) is 5.69 Å². The molecule has 3 heterocycles. The molecule has 1 aromatic carbocycles. The number of hydrogen-bond donors (Lipinski definition) is 0. The fourth-order valence-corrected chi connectivity index (χ4v) is 4.56. The second kappa shape index (κ2) is 6.89. The van der Waals surface area contributed by atoms with Crippen molar-refractivity contribution in [2.24, 2.45) is 4.99 Å². The maximum atomic E-state index is 4.97. The maximum Gasteiger partial charge on any atom is 0.126 e. The van der Waals surface area contributed by atoms with Gasteiger partial charge in [-0.2, -0.15) is 0 Å². The first-order valence-corrected chi connectivity index (χ1v) is 10.2. The summed E-state index contributed by atoms with van der Waals surface area (Å²) in [6.07, 6.45) is 2.53. The van der Waals surface area contributed by atoms with Crippen molar-refractivity contribution in [2.45, 2.75) is 26.7 Å². The Hall–Kier alpha value is -1.72. The van der Waals surface area contributed by atoms with Crippen molar-refractivity contribution in [3.05, 3.63) is 45.9 Å². The Bertz CT molecular complexity index is 937. The molecule has 25 heavy (non-hydrogen) atoms. The van der Waals surface area contributed by atoms with Gasteiger partial charge in [-0.1, -0.05) is 28.1 Å². The van der Waals surface area contributed by atoms with Crippen LogP contribution < -0.4 is 0 Å². The van der Waals surface area contributed by atoms with E-state index < -0.39 is 0 Å². The van der Waals surface area contributed by atoms with Crippen LogP contribution in [0, 0.1) is 6.92 Å². The molecule has 1 saturated heterocycles. The molecule has 4 rings (SSSR count). The van der Waals surface area contributed by atoms with Crippen molar-refractivity contribution < 1.29 is 0 Å². The van der Waals surface area contributed by atoms with E-state index in [-0.39, 0.29) is 0 Å². The zero-order valence-electron chi connectivity index (χ0n) is 14.4. The summed E-state index contributed by atoms with van der Waals surface area (Å²) in [5, 5.41) is 3.30. The number of hydrogen-bond acceptors (Lipinski definition) is 3. The summed E-state index contributed by atoms with van der Waals surface area (Å²) in [5.74, 6) is 1.11. The van der Waals surface area contributed by atoms with E-state index in [4.69, 9.17) is 9.98 Å². The Balaban J connectivity index is 1.86. The molecular weight excluding hydrogens is 394 g/mol. The minimum absolute atomic E-state index is 1.04. The van der Waals surface area contributed by atoms with Gasteiger partial charge in [-0.05, 0) is 56.0 Å². The fraction of sp³-hybridized carbons (Fsp3) is 0.300. The number of rotatable bonds is 2. The number of aryl methyl sites for hydroxylation is 1. The second-order valence-corrected chi connectivity index (χ2v) is 8.25. The van der Waals surface area contributed by atoms with Crippen LogP contribution in [-0.2, 0) is 0 Å². The molecule has 0 aliphatic carbocycles. The summed E-state index contributed by atoms with van der Waals surface area (Å²) in [7, 11) is 0. The smallest absolute Gasteiger partial charge is 0.126 e. The minimum atomic E-state index is 1.04. The zero-order chi connectivity index (χ0) is 17.4. The van der Waals surface area contributed by atoms with Gasteiger partial charge < -0.3 is 4.90 Å². The largest absolute Gasteiger partial charge is 0.360 e. The van der Waals surface area contributed by atoms with Gasteiger partial charge in [0.25, 0.3) is 0 Å². The molecular formula is C20H20BrN3S. The van der Waals surface area contributed by atoms with Crippen LogP contribution in [0.25, 0.3) is 21.3 Å². The molecule has 128 valence electrons. The van der Waals surface area contributed by atoms with Gasteiger partial charge in [0.15, 0.2) is 0 Å². The van der Waals surface area contributed by atoms with Gasteiger partial charge in [0.2, 0.25) is 0 Å². The molecule has 0 bridgehead atoms. The van der Waals surface area contributed by atoms with Crippen molar-refractivity contribution in [3.8, 4) is 11.1 Å². The molecule has 0 atom stereocenters. The van der Waals surface area contributed by atoms with Crippen LogP contribution >= 0.6 is 27.3 Å². The van der Waals surface area contributed by atoms with Gasteiger partial charge in [-0.25, -0.2) is 9.98 Å². The van der Waals surface area contributed by atoms with Crippen LogP contribution in [0.2, 0.25) is 0 Å². The number of fused-ring (bicyclic) bond motifs is 1. The van der Waals surface area contributed by atoms with Crippen LogP contribution in [0.3, 0.4) is 0 Å². The molecule has 0 N–H and O–H groups in total. The standard InChI is InChI=1S/C20H20BrN3S/c1-13-11-17(15-5-7-16(21)8-6-15)19-18(12-25-20(19)22-13)23-14(2)24-9-3-4-10-24/h5-8,11-12H,3-4,9-10H2,1-2H3. The van der Waals surface area contributed by atoms with Crippen molar-refractivity contribution in [2.75, 3.05) is 13.1 Å². The molecule has 1 aliphatic heterocycles. The third kappa shape index (κ3) is 3.35. The number of nitrogens with zero attached hydrogens (tertiary/aromatic N) is 3. The average molecular weight is 414 g/mol. The van der Waals surface area contributed by atoms with Crippen molar-refractivity contribution in [1.82, 2.24) is 9.88 Å². The number of amidine groups is 1. The minimum Gasteiger partial charge on any atom is -0.360 e. The summed E-state index contributed by atoms with van der Waals surface area (Å²) in [6.45, 7) is 6.42. The molecule has 3 aromatic rings. The molecule has 0 radical (unpaired) electrons. The van der Waals surface area contributed by atoms with E-state index in [9.17, 15) is 0 Å². The SMILES string of the molecule is CC(=Nc1csc2nc(C)cc(-c3ccc(Br)cc3)c12)N1CCCC1. The normalized spacial score (nSPS) is 15.3. The Labute approximate surface area is 160 Å². The highest BCUT2D eigenvalue weighted by molar-refractivity contribution is 9.10. The molecule has 0 saturated carbocycles. The van der Waals surface area contributed by atoms with Gasteiger partial charge >= 0.3 is 0 Å². The van der Waals surface area contributed by atoms with Crippen LogP contribution in [-0.4, -0.2) is 28.8 Å². The summed E-state index contributed by atoms with van der Waals surface area (Å²) in [4.78, 5) is 13.1. The first-order valence-electron chi connectivity index (χ1n) is 8.57. The van der Waals surface area contributed by atoms with Gasteiger partial charge in [-0.3, -0.25) is 0 Å². The highest BCUT2D eigenvalue weighted by Crippen LogP contribution is 2.39. The van der Waals surface area contributed by atoms with Crippen LogP contribution in [0.1, 0.15) is 25.5 Å².